The van der Waals surface area contributed by atoms with E-state index in [-0.39, 0.29) is 18.4 Å². The largest absolute Gasteiger partial charge is 0.342 e. The Kier molecular flexibility index (Phi) is 4.76. The van der Waals surface area contributed by atoms with Crippen molar-refractivity contribution in [1.29, 1.82) is 0 Å². The van der Waals surface area contributed by atoms with Gasteiger partial charge >= 0.3 is 0 Å². The predicted molar refractivity (Wildman–Crippen MR) is 69.3 cm³/mol. The van der Waals surface area contributed by atoms with Gasteiger partial charge < -0.3 is 14.7 Å². The minimum absolute atomic E-state index is 0.000740. The molecule has 6 heteroatoms. The van der Waals surface area contributed by atoms with Gasteiger partial charge in [-0.25, -0.2) is 0 Å². The van der Waals surface area contributed by atoms with Gasteiger partial charge in [-0.3, -0.25) is 14.4 Å². The van der Waals surface area contributed by atoms with Crippen molar-refractivity contribution in [2.75, 3.05) is 39.3 Å². The molecule has 0 aromatic heterocycles. The van der Waals surface area contributed by atoms with E-state index >= 15 is 0 Å². The van der Waals surface area contributed by atoms with Gasteiger partial charge in [-0.15, -0.1) is 0 Å². The molecule has 2 heterocycles. The number of likely N-dealkylation sites (tertiary alicyclic amines) is 1. The lowest BCUT2D eigenvalue weighted by Crippen LogP contribution is -2.51. The molecule has 19 heavy (non-hydrogen) atoms. The van der Waals surface area contributed by atoms with Crippen LogP contribution in [0.5, 0.6) is 0 Å². The molecule has 0 atom stereocenters. The first kappa shape index (κ1) is 13.8. The second kappa shape index (κ2) is 6.54. The van der Waals surface area contributed by atoms with E-state index in [1.807, 2.05) is 0 Å². The van der Waals surface area contributed by atoms with E-state index in [0.717, 1.165) is 25.7 Å². The molecule has 0 unspecified atom stereocenters. The first-order chi connectivity index (χ1) is 9.20. The van der Waals surface area contributed by atoms with Crippen LogP contribution in [0.15, 0.2) is 0 Å². The van der Waals surface area contributed by atoms with E-state index in [4.69, 9.17) is 0 Å². The first-order valence-corrected chi connectivity index (χ1v) is 6.95. The summed E-state index contributed by atoms with van der Waals surface area (Å²) in [4.78, 5) is 39.7. The predicted octanol–water partition coefficient (Wildman–Crippen LogP) is -0.310. The molecular formula is C13H21N3O3. The average molecular weight is 267 g/mol. The number of nitrogens with zero attached hydrogens (tertiary/aromatic N) is 3. The van der Waals surface area contributed by atoms with E-state index in [9.17, 15) is 14.4 Å². The Bertz CT molecular complexity index is 351. The summed E-state index contributed by atoms with van der Waals surface area (Å²) in [7, 11) is 0. The van der Waals surface area contributed by atoms with Crippen molar-refractivity contribution in [3.05, 3.63) is 0 Å². The number of piperazine rings is 1. The van der Waals surface area contributed by atoms with Gasteiger partial charge in [0.2, 0.25) is 18.2 Å². The van der Waals surface area contributed by atoms with Crippen LogP contribution in [-0.2, 0) is 14.4 Å². The number of hydrogen-bond donors (Lipinski definition) is 0. The zero-order valence-electron chi connectivity index (χ0n) is 11.2. The molecule has 2 saturated heterocycles. The summed E-state index contributed by atoms with van der Waals surface area (Å²) in [6.07, 6.45) is 4.36. The van der Waals surface area contributed by atoms with Gasteiger partial charge in [0.1, 0.15) is 0 Å². The van der Waals surface area contributed by atoms with Gasteiger partial charge in [0.05, 0.1) is 6.54 Å². The molecule has 0 radical (unpaired) electrons. The monoisotopic (exact) mass is 267 g/mol. The number of carbonyl (C=O) groups is 3. The van der Waals surface area contributed by atoms with Crippen LogP contribution in [0.4, 0.5) is 0 Å². The third-order valence-electron chi connectivity index (χ3n) is 3.81. The van der Waals surface area contributed by atoms with Crippen molar-refractivity contribution in [2.24, 2.45) is 0 Å². The van der Waals surface area contributed by atoms with Crippen molar-refractivity contribution >= 4 is 18.2 Å². The fraction of sp³-hybridized carbons (Fsp3) is 0.769. The van der Waals surface area contributed by atoms with E-state index in [1.54, 1.807) is 14.7 Å². The lowest BCUT2D eigenvalue weighted by molar-refractivity contribution is -0.141. The van der Waals surface area contributed by atoms with Crippen molar-refractivity contribution in [2.45, 2.75) is 25.7 Å². The summed E-state index contributed by atoms with van der Waals surface area (Å²) < 4.78 is 0. The summed E-state index contributed by atoms with van der Waals surface area (Å²) in [6.45, 7) is 3.20. The maximum atomic E-state index is 12.1. The Labute approximate surface area is 113 Å². The molecule has 0 aromatic carbocycles. The second-order valence-corrected chi connectivity index (χ2v) is 5.15. The van der Waals surface area contributed by atoms with E-state index in [2.05, 4.69) is 0 Å². The van der Waals surface area contributed by atoms with Crippen LogP contribution in [0.3, 0.4) is 0 Å². The zero-order valence-corrected chi connectivity index (χ0v) is 11.2. The highest BCUT2D eigenvalue weighted by molar-refractivity contribution is 5.85. The van der Waals surface area contributed by atoms with Gasteiger partial charge in [-0.2, -0.15) is 0 Å². The number of rotatable bonds is 3. The van der Waals surface area contributed by atoms with E-state index < -0.39 is 0 Å². The van der Waals surface area contributed by atoms with Gasteiger partial charge in [0.15, 0.2) is 0 Å². The molecule has 2 aliphatic rings. The van der Waals surface area contributed by atoms with Gasteiger partial charge in [-0.1, -0.05) is 6.42 Å². The first-order valence-electron chi connectivity index (χ1n) is 6.95. The number of carbonyl (C=O) groups excluding carboxylic acids is 3. The van der Waals surface area contributed by atoms with Gasteiger partial charge in [-0.05, 0) is 12.8 Å². The summed E-state index contributed by atoms with van der Waals surface area (Å²) in [6, 6.07) is 0. The molecule has 106 valence electrons. The smallest absolute Gasteiger partial charge is 0.242 e. The number of amides is 3. The fourth-order valence-corrected chi connectivity index (χ4v) is 2.55. The van der Waals surface area contributed by atoms with Crippen LogP contribution < -0.4 is 0 Å². The molecule has 0 aliphatic carbocycles. The lowest BCUT2D eigenvalue weighted by atomic mass is 10.2. The van der Waals surface area contributed by atoms with Crippen LogP contribution in [0, 0.1) is 0 Å². The molecule has 2 aliphatic heterocycles. The lowest BCUT2D eigenvalue weighted by Gasteiger charge is -2.33. The normalized spacial score (nSPS) is 21.3. The van der Waals surface area contributed by atoms with E-state index in [1.165, 1.54) is 0 Å². The fourth-order valence-electron chi connectivity index (χ4n) is 2.55. The number of hydrogen-bond acceptors (Lipinski definition) is 3. The summed E-state index contributed by atoms with van der Waals surface area (Å²) in [5, 5.41) is 0. The molecule has 6 nitrogen and oxygen atoms in total. The van der Waals surface area contributed by atoms with Crippen LogP contribution in [0.1, 0.15) is 25.7 Å². The Morgan fingerprint density at radius 1 is 1.05 bits per heavy atom. The van der Waals surface area contributed by atoms with E-state index in [0.29, 0.717) is 39.1 Å². The topological polar surface area (TPSA) is 60.9 Å². The van der Waals surface area contributed by atoms with Crippen LogP contribution in [-0.4, -0.2) is 72.2 Å². The summed E-state index contributed by atoms with van der Waals surface area (Å²) in [5.74, 6) is 0.0955. The summed E-state index contributed by atoms with van der Waals surface area (Å²) in [5.41, 5.74) is 0. The van der Waals surface area contributed by atoms with Crippen LogP contribution in [0.2, 0.25) is 0 Å². The molecule has 2 rings (SSSR count). The molecule has 0 spiro atoms. The van der Waals surface area contributed by atoms with Gasteiger partial charge in [0.25, 0.3) is 0 Å². The maximum absolute atomic E-state index is 12.1. The quantitative estimate of drug-likeness (QED) is 0.659. The van der Waals surface area contributed by atoms with Crippen molar-refractivity contribution < 1.29 is 14.4 Å². The standard InChI is InChI=1S/C13H21N3O3/c17-11-14-6-8-15(9-7-14)13(19)10-16-5-3-1-2-4-12(16)18/h11H,1-10H2. The average Bonchev–Trinajstić information content (AvgIpc) is 2.64. The van der Waals surface area contributed by atoms with Crippen LogP contribution in [0.25, 0.3) is 0 Å². The Balaban J connectivity index is 1.83. The molecule has 2 fully saturated rings. The summed E-state index contributed by atoms with van der Waals surface area (Å²) >= 11 is 0. The Hall–Kier alpha value is -1.59. The minimum atomic E-state index is 0.000740. The van der Waals surface area contributed by atoms with Crippen molar-refractivity contribution in [3.63, 3.8) is 0 Å². The SMILES string of the molecule is O=CN1CCN(C(=O)CN2CCCCCC2=O)CC1. The van der Waals surface area contributed by atoms with Gasteiger partial charge in [0, 0.05) is 39.1 Å². The van der Waals surface area contributed by atoms with Crippen molar-refractivity contribution in [3.8, 4) is 0 Å². The zero-order chi connectivity index (χ0) is 13.7. The molecule has 0 aromatic rings. The molecule has 0 N–H and O–H groups in total. The molecule has 0 saturated carbocycles. The highest BCUT2D eigenvalue weighted by Gasteiger charge is 2.24. The third-order valence-corrected chi connectivity index (χ3v) is 3.81. The highest BCUT2D eigenvalue weighted by Crippen LogP contribution is 2.11. The third kappa shape index (κ3) is 3.68. The molecular weight excluding hydrogens is 246 g/mol. The van der Waals surface area contributed by atoms with Crippen LogP contribution >= 0.6 is 0 Å². The minimum Gasteiger partial charge on any atom is -0.342 e. The molecule has 3 amide bonds. The van der Waals surface area contributed by atoms with Crippen molar-refractivity contribution in [1.82, 2.24) is 14.7 Å². The highest BCUT2D eigenvalue weighted by atomic mass is 16.2. The second-order valence-electron chi connectivity index (χ2n) is 5.15. The maximum Gasteiger partial charge on any atom is 0.242 e. The Morgan fingerprint density at radius 3 is 2.47 bits per heavy atom. The molecule has 0 bridgehead atoms. The Morgan fingerprint density at radius 2 is 1.79 bits per heavy atom.